The summed E-state index contributed by atoms with van der Waals surface area (Å²) in [6.07, 6.45) is -0.656. The second-order valence-corrected chi connectivity index (χ2v) is 4.39. The fourth-order valence-electron chi connectivity index (χ4n) is 1.92. The van der Waals surface area contributed by atoms with Gasteiger partial charge in [0, 0.05) is 11.6 Å². The van der Waals surface area contributed by atoms with Crippen LogP contribution in [0.25, 0.3) is 0 Å². The third kappa shape index (κ3) is 3.13. The molecule has 0 radical (unpaired) electrons. The number of aliphatic hydroxyl groups excluding tert-OH is 1. The summed E-state index contributed by atoms with van der Waals surface area (Å²) in [6.45, 7) is 1.73. The molecule has 0 saturated carbocycles. The number of hydrogen-bond acceptors (Lipinski definition) is 4. The fourth-order valence-corrected chi connectivity index (χ4v) is 1.92. The van der Waals surface area contributed by atoms with Gasteiger partial charge in [0.05, 0.1) is 16.6 Å². The number of ether oxygens (including phenoxy) is 1. The normalized spacial score (nSPS) is 11.9. The van der Waals surface area contributed by atoms with Crippen LogP contribution in [-0.2, 0) is 6.61 Å². The molecule has 0 aliphatic rings. The van der Waals surface area contributed by atoms with Crippen LogP contribution in [0.3, 0.4) is 0 Å². The third-order valence-corrected chi connectivity index (χ3v) is 2.94. The summed E-state index contributed by atoms with van der Waals surface area (Å²) in [5, 5.41) is 20.6. The molecule has 0 heterocycles. The van der Waals surface area contributed by atoms with Gasteiger partial charge in [0.15, 0.2) is 0 Å². The largest absolute Gasteiger partial charge is 0.488 e. The van der Waals surface area contributed by atoms with E-state index in [1.54, 1.807) is 49.4 Å². The first-order valence-corrected chi connectivity index (χ1v) is 6.21. The van der Waals surface area contributed by atoms with Crippen molar-refractivity contribution in [2.24, 2.45) is 0 Å². The van der Waals surface area contributed by atoms with Crippen molar-refractivity contribution in [3.05, 3.63) is 69.8 Å². The van der Waals surface area contributed by atoms with Crippen molar-refractivity contribution in [1.82, 2.24) is 0 Å². The molecule has 0 aliphatic carbocycles. The molecule has 0 saturated heterocycles. The average Bonchev–Trinajstić information content (AvgIpc) is 2.45. The average molecular weight is 273 g/mol. The van der Waals surface area contributed by atoms with E-state index in [9.17, 15) is 15.2 Å². The summed E-state index contributed by atoms with van der Waals surface area (Å²) >= 11 is 0. The Morgan fingerprint density at radius 2 is 1.85 bits per heavy atom. The maximum absolute atomic E-state index is 10.9. The molecular weight excluding hydrogens is 258 g/mol. The lowest BCUT2D eigenvalue weighted by atomic mass is 10.1. The monoisotopic (exact) mass is 273 g/mol. The van der Waals surface area contributed by atoms with E-state index >= 15 is 0 Å². The Kier molecular flexibility index (Phi) is 4.32. The zero-order valence-corrected chi connectivity index (χ0v) is 11.0. The molecule has 2 aromatic rings. The van der Waals surface area contributed by atoms with E-state index in [2.05, 4.69) is 0 Å². The van der Waals surface area contributed by atoms with Crippen LogP contribution >= 0.6 is 0 Å². The summed E-state index contributed by atoms with van der Waals surface area (Å²) in [5.74, 6) is 0.528. The minimum absolute atomic E-state index is 0.0297. The van der Waals surface area contributed by atoms with Gasteiger partial charge in [-0.25, -0.2) is 0 Å². The van der Waals surface area contributed by atoms with Gasteiger partial charge in [-0.1, -0.05) is 30.3 Å². The first-order chi connectivity index (χ1) is 9.59. The maximum atomic E-state index is 10.9. The molecule has 0 amide bonds. The van der Waals surface area contributed by atoms with Gasteiger partial charge in [0.1, 0.15) is 12.4 Å². The van der Waals surface area contributed by atoms with Crippen LogP contribution in [0.15, 0.2) is 48.5 Å². The van der Waals surface area contributed by atoms with E-state index in [0.29, 0.717) is 16.9 Å². The van der Waals surface area contributed by atoms with Crippen LogP contribution in [0.2, 0.25) is 0 Å². The van der Waals surface area contributed by atoms with Crippen LogP contribution in [0, 0.1) is 10.1 Å². The van der Waals surface area contributed by atoms with Crippen molar-refractivity contribution < 1.29 is 14.8 Å². The van der Waals surface area contributed by atoms with Crippen LogP contribution in [0.1, 0.15) is 24.2 Å². The number of benzene rings is 2. The predicted molar refractivity (Wildman–Crippen MR) is 74.5 cm³/mol. The van der Waals surface area contributed by atoms with Crippen molar-refractivity contribution in [2.75, 3.05) is 0 Å². The Labute approximate surface area is 116 Å². The number of para-hydroxylation sites is 2. The highest BCUT2D eigenvalue weighted by Gasteiger charge is 2.14. The Morgan fingerprint density at radius 3 is 2.55 bits per heavy atom. The van der Waals surface area contributed by atoms with E-state index in [1.165, 1.54) is 6.07 Å². The third-order valence-electron chi connectivity index (χ3n) is 2.94. The van der Waals surface area contributed by atoms with Gasteiger partial charge in [-0.3, -0.25) is 10.1 Å². The highest BCUT2D eigenvalue weighted by molar-refractivity contribution is 5.40. The van der Waals surface area contributed by atoms with Gasteiger partial charge in [-0.15, -0.1) is 0 Å². The SMILES string of the molecule is C[C@@H](O)c1ccccc1OCc1ccccc1[N+](=O)[O-]. The van der Waals surface area contributed by atoms with E-state index in [4.69, 9.17) is 4.74 Å². The molecule has 5 nitrogen and oxygen atoms in total. The van der Waals surface area contributed by atoms with Crippen molar-refractivity contribution >= 4 is 5.69 Å². The smallest absolute Gasteiger partial charge is 0.276 e. The molecule has 0 aliphatic heterocycles. The molecular formula is C15H15NO4. The molecule has 1 N–H and O–H groups in total. The molecule has 2 aromatic carbocycles. The summed E-state index contributed by atoms with van der Waals surface area (Å²) < 4.78 is 5.61. The highest BCUT2D eigenvalue weighted by Crippen LogP contribution is 2.26. The van der Waals surface area contributed by atoms with Crippen LogP contribution in [0.5, 0.6) is 5.75 Å². The Hall–Kier alpha value is -2.40. The number of nitrogens with zero attached hydrogens (tertiary/aromatic N) is 1. The van der Waals surface area contributed by atoms with E-state index < -0.39 is 11.0 Å². The van der Waals surface area contributed by atoms with E-state index in [1.807, 2.05) is 0 Å². The Balaban J connectivity index is 2.20. The van der Waals surface area contributed by atoms with Gasteiger partial charge in [-0.05, 0) is 19.1 Å². The molecule has 2 rings (SSSR count). The molecule has 0 spiro atoms. The van der Waals surface area contributed by atoms with Crippen molar-refractivity contribution in [2.45, 2.75) is 19.6 Å². The summed E-state index contributed by atoms with van der Waals surface area (Å²) in [7, 11) is 0. The molecule has 20 heavy (non-hydrogen) atoms. The van der Waals surface area contributed by atoms with Crippen LogP contribution in [-0.4, -0.2) is 10.0 Å². The van der Waals surface area contributed by atoms with Crippen molar-refractivity contribution in [1.29, 1.82) is 0 Å². The summed E-state index contributed by atoms with van der Waals surface area (Å²) in [5.41, 5.74) is 1.19. The molecule has 1 atom stereocenters. The van der Waals surface area contributed by atoms with Gasteiger partial charge in [0.2, 0.25) is 0 Å². The molecule has 0 bridgehead atoms. The van der Waals surface area contributed by atoms with Gasteiger partial charge < -0.3 is 9.84 Å². The molecule has 5 heteroatoms. The predicted octanol–water partition coefficient (Wildman–Crippen LogP) is 3.23. The van der Waals surface area contributed by atoms with Gasteiger partial charge >= 0.3 is 0 Å². The minimum Gasteiger partial charge on any atom is -0.488 e. The van der Waals surface area contributed by atoms with Crippen LogP contribution in [0.4, 0.5) is 5.69 Å². The van der Waals surface area contributed by atoms with E-state index in [0.717, 1.165) is 0 Å². The van der Waals surface area contributed by atoms with Crippen molar-refractivity contribution in [3.8, 4) is 5.75 Å². The van der Waals surface area contributed by atoms with Crippen LogP contribution < -0.4 is 4.74 Å². The highest BCUT2D eigenvalue weighted by atomic mass is 16.6. The number of nitro groups is 1. The zero-order chi connectivity index (χ0) is 14.5. The van der Waals surface area contributed by atoms with Gasteiger partial charge in [0.25, 0.3) is 5.69 Å². The van der Waals surface area contributed by atoms with Crippen molar-refractivity contribution in [3.63, 3.8) is 0 Å². The Morgan fingerprint density at radius 1 is 1.20 bits per heavy atom. The maximum Gasteiger partial charge on any atom is 0.276 e. The summed E-state index contributed by atoms with van der Waals surface area (Å²) in [6, 6.07) is 13.5. The lowest BCUT2D eigenvalue weighted by molar-refractivity contribution is -0.385. The lowest BCUT2D eigenvalue weighted by Crippen LogP contribution is -2.03. The summed E-state index contributed by atoms with van der Waals surface area (Å²) in [4.78, 5) is 10.5. The van der Waals surface area contributed by atoms with E-state index in [-0.39, 0.29) is 12.3 Å². The molecule has 0 aromatic heterocycles. The number of rotatable bonds is 5. The number of nitro benzene ring substituents is 1. The number of aliphatic hydroxyl groups is 1. The fraction of sp³-hybridized carbons (Fsp3) is 0.200. The second kappa shape index (κ2) is 6.16. The minimum atomic E-state index is -0.656. The lowest BCUT2D eigenvalue weighted by Gasteiger charge is -2.13. The molecule has 104 valence electrons. The topological polar surface area (TPSA) is 72.6 Å². The number of hydrogen-bond donors (Lipinski definition) is 1. The first-order valence-electron chi connectivity index (χ1n) is 6.21. The molecule has 0 fully saturated rings. The quantitative estimate of drug-likeness (QED) is 0.670. The second-order valence-electron chi connectivity index (χ2n) is 4.39. The molecule has 0 unspecified atom stereocenters. The Bertz CT molecular complexity index is 610. The first kappa shape index (κ1) is 14.0. The zero-order valence-electron chi connectivity index (χ0n) is 11.0. The van der Waals surface area contributed by atoms with Gasteiger partial charge in [-0.2, -0.15) is 0 Å². The standard InChI is InChI=1S/C15H15NO4/c1-11(17)13-7-3-5-9-15(13)20-10-12-6-2-4-8-14(12)16(18)19/h2-9,11,17H,10H2,1H3/t11-/m1/s1.